The van der Waals surface area contributed by atoms with Gasteiger partial charge in [0.1, 0.15) is 0 Å². The first-order valence-electron chi connectivity index (χ1n) is 4.98. The maximum atomic E-state index is 11.3. The maximum absolute atomic E-state index is 11.3. The second-order valence-electron chi connectivity index (χ2n) is 3.87. The highest BCUT2D eigenvalue weighted by Gasteiger charge is 2.22. The molecule has 6 heteroatoms. The monoisotopic (exact) mass is 215 g/mol. The molecule has 1 atom stereocenters. The smallest absolute Gasteiger partial charge is 0.407 e. The lowest BCUT2D eigenvalue weighted by atomic mass is 10.3. The van der Waals surface area contributed by atoms with E-state index in [2.05, 4.69) is 0 Å². The van der Waals surface area contributed by atoms with E-state index in [1.807, 2.05) is 0 Å². The van der Waals surface area contributed by atoms with Gasteiger partial charge in [0.15, 0.2) is 0 Å². The minimum absolute atomic E-state index is 0.114. The average Bonchev–Trinajstić information content (AvgIpc) is 2.51. The Kier molecular flexibility index (Phi) is 3.90. The van der Waals surface area contributed by atoms with Gasteiger partial charge < -0.3 is 20.6 Å². The number of carboxylic acid groups (broad SMARTS) is 1. The Hall–Kier alpha value is -1.30. The van der Waals surface area contributed by atoms with E-state index in [1.165, 1.54) is 7.05 Å². The minimum Gasteiger partial charge on any atom is -0.465 e. The molecule has 1 unspecified atom stereocenters. The van der Waals surface area contributed by atoms with E-state index in [0.29, 0.717) is 13.0 Å². The molecular weight excluding hydrogens is 198 g/mol. The van der Waals surface area contributed by atoms with Crippen molar-refractivity contribution < 1.29 is 14.7 Å². The summed E-state index contributed by atoms with van der Waals surface area (Å²) in [6, 6.07) is -0.312. The fraction of sp³-hybridized carbons (Fsp3) is 0.778. The Morgan fingerprint density at radius 1 is 1.73 bits per heavy atom. The van der Waals surface area contributed by atoms with Crippen LogP contribution >= 0.6 is 0 Å². The van der Waals surface area contributed by atoms with Gasteiger partial charge in [-0.05, 0) is 6.42 Å². The van der Waals surface area contributed by atoms with E-state index < -0.39 is 6.09 Å². The third kappa shape index (κ3) is 3.39. The second-order valence-corrected chi connectivity index (χ2v) is 3.87. The third-order valence-electron chi connectivity index (χ3n) is 2.46. The van der Waals surface area contributed by atoms with Crippen molar-refractivity contribution in [1.29, 1.82) is 0 Å². The summed E-state index contributed by atoms with van der Waals surface area (Å²) in [6.45, 7) is 1.43. The Morgan fingerprint density at radius 3 is 2.87 bits per heavy atom. The highest BCUT2D eigenvalue weighted by Crippen LogP contribution is 2.09. The lowest BCUT2D eigenvalue weighted by Crippen LogP contribution is -2.45. The molecule has 0 bridgehead atoms. The van der Waals surface area contributed by atoms with Gasteiger partial charge in [0.05, 0.1) is 0 Å². The molecule has 1 saturated heterocycles. The van der Waals surface area contributed by atoms with Crippen molar-refractivity contribution in [3.63, 3.8) is 0 Å². The van der Waals surface area contributed by atoms with Gasteiger partial charge in [0.2, 0.25) is 5.91 Å². The molecule has 0 aliphatic carbocycles. The van der Waals surface area contributed by atoms with Crippen LogP contribution in [-0.2, 0) is 4.79 Å². The van der Waals surface area contributed by atoms with Crippen LogP contribution < -0.4 is 5.73 Å². The van der Waals surface area contributed by atoms with Gasteiger partial charge in [0, 0.05) is 39.1 Å². The fourth-order valence-electron chi connectivity index (χ4n) is 1.67. The van der Waals surface area contributed by atoms with Crippen molar-refractivity contribution in [3.8, 4) is 0 Å². The number of nitrogens with zero attached hydrogens (tertiary/aromatic N) is 2. The Balaban J connectivity index is 2.32. The summed E-state index contributed by atoms with van der Waals surface area (Å²) in [4.78, 5) is 24.6. The van der Waals surface area contributed by atoms with Gasteiger partial charge in [-0.2, -0.15) is 0 Å². The third-order valence-corrected chi connectivity index (χ3v) is 2.46. The van der Waals surface area contributed by atoms with Crippen molar-refractivity contribution in [2.75, 3.05) is 26.7 Å². The van der Waals surface area contributed by atoms with Gasteiger partial charge in [-0.1, -0.05) is 0 Å². The molecule has 2 amide bonds. The van der Waals surface area contributed by atoms with E-state index in [1.54, 1.807) is 4.90 Å². The Morgan fingerprint density at radius 2 is 2.40 bits per heavy atom. The zero-order valence-corrected chi connectivity index (χ0v) is 8.85. The molecule has 1 rings (SSSR count). The molecule has 0 saturated carbocycles. The molecule has 0 aromatic carbocycles. The van der Waals surface area contributed by atoms with Crippen molar-refractivity contribution >= 4 is 12.0 Å². The first-order valence-corrected chi connectivity index (χ1v) is 4.98. The van der Waals surface area contributed by atoms with Gasteiger partial charge in [-0.15, -0.1) is 0 Å². The predicted molar refractivity (Wildman–Crippen MR) is 54.4 cm³/mol. The average molecular weight is 215 g/mol. The Bertz CT molecular complexity index is 257. The molecule has 1 aliphatic heterocycles. The standard InChI is InChI=1S/C9H17N3O3/c1-11(9(14)15)5-7(10)6-12-4-2-3-8(12)13/h7H,2-6,10H2,1H3,(H,14,15). The number of hydrogen-bond donors (Lipinski definition) is 2. The van der Waals surface area contributed by atoms with Crippen LogP contribution in [0, 0.1) is 0 Å². The van der Waals surface area contributed by atoms with E-state index in [4.69, 9.17) is 10.8 Å². The molecule has 6 nitrogen and oxygen atoms in total. The lowest BCUT2D eigenvalue weighted by molar-refractivity contribution is -0.127. The molecule has 0 aromatic rings. The van der Waals surface area contributed by atoms with Crippen molar-refractivity contribution in [1.82, 2.24) is 9.80 Å². The van der Waals surface area contributed by atoms with Gasteiger partial charge in [-0.25, -0.2) is 4.79 Å². The van der Waals surface area contributed by atoms with Gasteiger partial charge in [0.25, 0.3) is 0 Å². The minimum atomic E-state index is -1.00. The number of carbonyl (C=O) groups excluding carboxylic acids is 1. The topological polar surface area (TPSA) is 86.9 Å². The number of likely N-dealkylation sites (tertiary alicyclic amines) is 1. The number of rotatable bonds is 4. The zero-order chi connectivity index (χ0) is 11.4. The van der Waals surface area contributed by atoms with Crippen molar-refractivity contribution in [2.45, 2.75) is 18.9 Å². The highest BCUT2D eigenvalue weighted by molar-refractivity contribution is 5.78. The number of hydrogen-bond acceptors (Lipinski definition) is 3. The summed E-state index contributed by atoms with van der Waals surface area (Å²) in [7, 11) is 1.47. The quantitative estimate of drug-likeness (QED) is 0.664. The molecule has 0 radical (unpaired) electrons. The summed E-state index contributed by atoms with van der Waals surface area (Å²) >= 11 is 0. The number of amides is 2. The Labute approximate surface area is 88.6 Å². The number of likely N-dealkylation sites (N-methyl/N-ethyl adjacent to an activating group) is 1. The van der Waals surface area contributed by atoms with E-state index in [9.17, 15) is 9.59 Å². The molecule has 15 heavy (non-hydrogen) atoms. The molecule has 1 fully saturated rings. The van der Waals surface area contributed by atoms with Crippen LogP contribution in [0.1, 0.15) is 12.8 Å². The summed E-state index contributed by atoms with van der Waals surface area (Å²) in [5.41, 5.74) is 5.76. The molecule has 1 heterocycles. The van der Waals surface area contributed by atoms with Crippen LogP contribution in [0.2, 0.25) is 0 Å². The van der Waals surface area contributed by atoms with Crippen LogP contribution in [0.4, 0.5) is 4.79 Å². The lowest BCUT2D eigenvalue weighted by Gasteiger charge is -2.23. The molecule has 0 aromatic heterocycles. The van der Waals surface area contributed by atoms with Crippen molar-refractivity contribution in [3.05, 3.63) is 0 Å². The summed E-state index contributed by atoms with van der Waals surface area (Å²) in [5.74, 6) is 0.114. The van der Waals surface area contributed by atoms with Crippen LogP contribution in [0.25, 0.3) is 0 Å². The number of nitrogens with two attached hydrogens (primary N) is 1. The summed E-state index contributed by atoms with van der Waals surface area (Å²) in [6.07, 6.45) is 0.458. The maximum Gasteiger partial charge on any atom is 0.407 e. The zero-order valence-electron chi connectivity index (χ0n) is 8.85. The van der Waals surface area contributed by atoms with Crippen LogP contribution in [-0.4, -0.2) is 59.6 Å². The van der Waals surface area contributed by atoms with Crippen molar-refractivity contribution in [2.24, 2.45) is 5.73 Å². The molecule has 3 N–H and O–H groups in total. The first kappa shape index (κ1) is 11.8. The summed E-state index contributed by atoms with van der Waals surface area (Å²) < 4.78 is 0. The van der Waals surface area contributed by atoms with Gasteiger partial charge in [-0.3, -0.25) is 4.79 Å². The van der Waals surface area contributed by atoms with Gasteiger partial charge >= 0.3 is 6.09 Å². The van der Waals surface area contributed by atoms with E-state index in [-0.39, 0.29) is 18.5 Å². The van der Waals surface area contributed by atoms with Crippen LogP contribution in [0.15, 0.2) is 0 Å². The van der Waals surface area contributed by atoms with E-state index in [0.717, 1.165) is 17.9 Å². The molecule has 1 aliphatic rings. The highest BCUT2D eigenvalue weighted by atomic mass is 16.4. The van der Waals surface area contributed by atoms with Crippen LogP contribution in [0.3, 0.4) is 0 Å². The van der Waals surface area contributed by atoms with E-state index >= 15 is 0 Å². The largest absolute Gasteiger partial charge is 0.465 e. The predicted octanol–water partition coefficient (Wildman–Crippen LogP) is -0.454. The molecular formula is C9H17N3O3. The second kappa shape index (κ2) is 4.97. The van der Waals surface area contributed by atoms with Crippen LogP contribution in [0.5, 0.6) is 0 Å². The number of carbonyl (C=O) groups is 2. The normalized spacial score (nSPS) is 18.0. The SMILES string of the molecule is CN(CC(N)CN1CCCC1=O)C(=O)O. The summed E-state index contributed by atoms with van der Waals surface area (Å²) in [5, 5.41) is 8.63. The first-order chi connectivity index (χ1) is 7.00. The molecule has 86 valence electrons. The molecule has 0 spiro atoms. The fourth-order valence-corrected chi connectivity index (χ4v) is 1.67.